The normalized spacial score (nSPS) is 12.3. The van der Waals surface area contributed by atoms with E-state index >= 15 is 0 Å². The van der Waals surface area contributed by atoms with E-state index in [0.717, 1.165) is 12.1 Å². The molecule has 3 rings (SSSR count). The van der Waals surface area contributed by atoms with Crippen LogP contribution in [0.25, 0.3) is 16.9 Å². The molecular formula is C12H7Cl2F3N4. The molecule has 0 aliphatic heterocycles. The van der Waals surface area contributed by atoms with Crippen molar-refractivity contribution >= 4 is 34.4 Å². The molecule has 3 aromatic rings. The number of imidazole rings is 1. The van der Waals surface area contributed by atoms with Crippen molar-refractivity contribution < 1.29 is 13.2 Å². The van der Waals surface area contributed by atoms with E-state index in [1.165, 1.54) is 11.0 Å². The summed E-state index contributed by atoms with van der Waals surface area (Å²) < 4.78 is 39.5. The first kappa shape index (κ1) is 14.2. The average molecular weight is 335 g/mol. The van der Waals surface area contributed by atoms with Gasteiger partial charge in [-0.1, -0.05) is 23.2 Å². The molecule has 0 saturated carbocycles. The molecule has 0 aliphatic rings. The second-order valence-corrected chi connectivity index (χ2v) is 5.20. The van der Waals surface area contributed by atoms with Crippen LogP contribution in [0.2, 0.25) is 10.0 Å². The van der Waals surface area contributed by atoms with Gasteiger partial charge in [0.05, 0.1) is 27.6 Å². The summed E-state index contributed by atoms with van der Waals surface area (Å²) in [5.74, 6) is 0. The van der Waals surface area contributed by atoms with Gasteiger partial charge in [-0.25, -0.2) is 9.67 Å². The Balaban J connectivity index is 2.26. The Kier molecular flexibility index (Phi) is 3.14. The molecule has 1 N–H and O–H groups in total. The molecular weight excluding hydrogens is 328 g/mol. The van der Waals surface area contributed by atoms with E-state index < -0.39 is 11.7 Å². The molecule has 0 amide bonds. The van der Waals surface area contributed by atoms with Crippen molar-refractivity contribution in [1.29, 1.82) is 0 Å². The number of nitrogens with one attached hydrogen (secondary N) is 1. The van der Waals surface area contributed by atoms with E-state index in [-0.39, 0.29) is 15.7 Å². The number of nitrogens with zero attached hydrogens (tertiary/aromatic N) is 3. The minimum Gasteiger partial charge on any atom is -0.342 e. The fraction of sp³-hybridized carbons (Fsp3) is 0.167. The predicted octanol–water partition coefficient (Wildman–Crippen LogP) is 4.38. The van der Waals surface area contributed by atoms with Gasteiger partial charge in [-0.15, -0.1) is 0 Å². The van der Waals surface area contributed by atoms with Gasteiger partial charge in [0.15, 0.2) is 5.65 Å². The Morgan fingerprint density at radius 2 is 1.81 bits per heavy atom. The standard InChI is InChI=1S/C12H7Cl2F3N4/c1-5-9-11(19-4-18-9)21(20-5)10-7(13)2-6(3-8(10)14)12(15,16)17/h2-4H,1H3,(H,18,19). The lowest BCUT2D eigenvalue weighted by Gasteiger charge is -2.12. The van der Waals surface area contributed by atoms with Crippen LogP contribution >= 0.6 is 23.2 Å². The summed E-state index contributed by atoms with van der Waals surface area (Å²) >= 11 is 11.9. The van der Waals surface area contributed by atoms with Crippen molar-refractivity contribution in [3.05, 3.63) is 39.8 Å². The van der Waals surface area contributed by atoms with Gasteiger partial charge in [-0.05, 0) is 19.1 Å². The third-order valence-corrected chi connectivity index (χ3v) is 3.56. The maximum Gasteiger partial charge on any atom is 0.416 e. The van der Waals surface area contributed by atoms with Crippen LogP contribution in [0.5, 0.6) is 0 Å². The molecule has 110 valence electrons. The number of H-pyrrole nitrogens is 1. The smallest absolute Gasteiger partial charge is 0.342 e. The van der Waals surface area contributed by atoms with Gasteiger partial charge < -0.3 is 4.98 Å². The van der Waals surface area contributed by atoms with Gasteiger partial charge in [0.1, 0.15) is 11.2 Å². The van der Waals surface area contributed by atoms with E-state index in [0.29, 0.717) is 16.9 Å². The molecule has 0 radical (unpaired) electrons. The summed E-state index contributed by atoms with van der Waals surface area (Å²) in [6.07, 6.45) is -3.06. The maximum absolute atomic E-state index is 12.7. The zero-order valence-corrected chi connectivity index (χ0v) is 12.0. The quantitative estimate of drug-likeness (QED) is 0.717. The first-order chi connectivity index (χ1) is 9.79. The second kappa shape index (κ2) is 4.64. The van der Waals surface area contributed by atoms with E-state index in [1.807, 2.05) is 0 Å². The molecule has 0 saturated heterocycles. The van der Waals surface area contributed by atoms with Crippen molar-refractivity contribution in [2.45, 2.75) is 13.1 Å². The summed E-state index contributed by atoms with van der Waals surface area (Å²) in [5, 5.41) is 3.90. The summed E-state index contributed by atoms with van der Waals surface area (Å²) in [4.78, 5) is 6.97. The number of rotatable bonds is 1. The molecule has 2 aromatic heterocycles. The van der Waals surface area contributed by atoms with E-state index in [1.54, 1.807) is 6.92 Å². The van der Waals surface area contributed by atoms with Gasteiger partial charge in [0.25, 0.3) is 0 Å². The van der Waals surface area contributed by atoms with Crippen LogP contribution in [-0.4, -0.2) is 19.7 Å². The Labute approximate surface area is 126 Å². The Bertz CT molecular complexity index is 812. The summed E-state index contributed by atoms with van der Waals surface area (Å²) in [6, 6.07) is 1.64. The molecule has 0 fully saturated rings. The highest BCUT2D eigenvalue weighted by molar-refractivity contribution is 6.38. The SMILES string of the molecule is Cc1nn(-c2c(Cl)cc(C(F)(F)F)cc2Cl)c2nc[nH]c12. The lowest BCUT2D eigenvalue weighted by atomic mass is 10.2. The van der Waals surface area contributed by atoms with Gasteiger partial charge in [-0.3, -0.25) is 0 Å². The molecule has 0 spiro atoms. The number of aromatic amines is 1. The zero-order valence-electron chi connectivity index (χ0n) is 10.5. The highest BCUT2D eigenvalue weighted by Crippen LogP contribution is 2.38. The first-order valence-corrected chi connectivity index (χ1v) is 6.50. The Morgan fingerprint density at radius 3 is 2.38 bits per heavy atom. The van der Waals surface area contributed by atoms with Crippen molar-refractivity contribution in [3.63, 3.8) is 0 Å². The summed E-state index contributed by atoms with van der Waals surface area (Å²) in [6.45, 7) is 1.74. The van der Waals surface area contributed by atoms with Crippen LogP contribution < -0.4 is 0 Å². The zero-order chi connectivity index (χ0) is 15.4. The third kappa shape index (κ3) is 2.26. The molecule has 4 nitrogen and oxygen atoms in total. The number of fused-ring (bicyclic) bond motifs is 1. The highest BCUT2D eigenvalue weighted by Gasteiger charge is 2.32. The van der Waals surface area contributed by atoms with Crippen LogP contribution in [0.15, 0.2) is 18.5 Å². The van der Waals surface area contributed by atoms with E-state index in [9.17, 15) is 13.2 Å². The molecule has 9 heteroatoms. The molecule has 21 heavy (non-hydrogen) atoms. The third-order valence-electron chi connectivity index (χ3n) is 2.99. The summed E-state index contributed by atoms with van der Waals surface area (Å²) in [7, 11) is 0. The van der Waals surface area contributed by atoms with Crippen LogP contribution in [-0.2, 0) is 6.18 Å². The number of alkyl halides is 3. The van der Waals surface area contributed by atoms with Crippen molar-refractivity contribution in [2.24, 2.45) is 0 Å². The lowest BCUT2D eigenvalue weighted by molar-refractivity contribution is -0.137. The molecule has 0 bridgehead atoms. The van der Waals surface area contributed by atoms with Gasteiger partial charge in [0.2, 0.25) is 0 Å². The molecule has 2 heterocycles. The minimum atomic E-state index is -4.52. The lowest BCUT2D eigenvalue weighted by Crippen LogP contribution is -2.07. The predicted molar refractivity (Wildman–Crippen MR) is 73.0 cm³/mol. The number of halogens is 5. The minimum absolute atomic E-state index is 0.151. The van der Waals surface area contributed by atoms with Gasteiger partial charge in [-0.2, -0.15) is 18.3 Å². The van der Waals surface area contributed by atoms with Gasteiger partial charge in [0, 0.05) is 0 Å². The average Bonchev–Trinajstić information content (AvgIpc) is 2.93. The van der Waals surface area contributed by atoms with Crippen molar-refractivity contribution in [1.82, 2.24) is 19.7 Å². The fourth-order valence-electron chi connectivity index (χ4n) is 2.05. The molecule has 0 atom stereocenters. The number of aromatic nitrogens is 4. The van der Waals surface area contributed by atoms with Crippen LogP contribution in [0.4, 0.5) is 13.2 Å². The van der Waals surface area contributed by atoms with Crippen LogP contribution in [0, 0.1) is 6.92 Å². The second-order valence-electron chi connectivity index (χ2n) is 4.38. The molecule has 1 aromatic carbocycles. The molecule has 0 unspecified atom stereocenters. The van der Waals surface area contributed by atoms with Crippen LogP contribution in [0.1, 0.15) is 11.3 Å². The number of hydrogen-bond acceptors (Lipinski definition) is 2. The first-order valence-electron chi connectivity index (χ1n) is 5.74. The molecule has 0 aliphatic carbocycles. The monoisotopic (exact) mass is 334 g/mol. The van der Waals surface area contributed by atoms with E-state index in [2.05, 4.69) is 15.1 Å². The Hall–Kier alpha value is -1.73. The number of aryl methyl sites for hydroxylation is 1. The Morgan fingerprint density at radius 1 is 1.19 bits per heavy atom. The topological polar surface area (TPSA) is 46.5 Å². The van der Waals surface area contributed by atoms with Gasteiger partial charge >= 0.3 is 6.18 Å². The van der Waals surface area contributed by atoms with Crippen molar-refractivity contribution in [3.8, 4) is 5.69 Å². The largest absolute Gasteiger partial charge is 0.416 e. The highest BCUT2D eigenvalue weighted by atomic mass is 35.5. The number of benzene rings is 1. The summed E-state index contributed by atoms with van der Waals surface area (Å²) in [5.41, 5.74) is 0.993. The number of hydrogen-bond donors (Lipinski definition) is 1. The van der Waals surface area contributed by atoms with Crippen molar-refractivity contribution in [2.75, 3.05) is 0 Å². The fourth-order valence-corrected chi connectivity index (χ4v) is 2.70. The maximum atomic E-state index is 12.7. The van der Waals surface area contributed by atoms with E-state index in [4.69, 9.17) is 23.2 Å². The van der Waals surface area contributed by atoms with Crippen LogP contribution in [0.3, 0.4) is 0 Å².